The molecule has 2 heterocycles. The van der Waals surface area contributed by atoms with Crippen LogP contribution in [0.5, 0.6) is 0 Å². The molecule has 0 radical (unpaired) electrons. The van der Waals surface area contributed by atoms with Crippen molar-refractivity contribution in [2.75, 3.05) is 25.0 Å². The van der Waals surface area contributed by atoms with Crippen LogP contribution in [0.3, 0.4) is 0 Å². The van der Waals surface area contributed by atoms with Gasteiger partial charge in [0, 0.05) is 17.0 Å². The second-order valence-corrected chi connectivity index (χ2v) is 7.25. The Morgan fingerprint density at radius 2 is 2.32 bits per heavy atom. The fourth-order valence-corrected chi connectivity index (χ4v) is 3.73. The minimum absolute atomic E-state index is 0.0104. The molecular weight excluding hydrogens is 298 g/mol. The highest BCUT2D eigenvalue weighted by molar-refractivity contribution is 8.00. The predicted octanol–water partition coefficient (Wildman–Crippen LogP) is 1.85. The Morgan fingerprint density at radius 1 is 1.45 bits per heavy atom. The zero-order valence-corrected chi connectivity index (χ0v) is 13.5. The molecule has 2 unspecified atom stereocenters. The summed E-state index contributed by atoms with van der Waals surface area (Å²) in [6.07, 6.45) is 2.20. The van der Waals surface area contributed by atoms with E-state index in [1.54, 1.807) is 6.07 Å². The fourth-order valence-electron chi connectivity index (χ4n) is 2.80. The van der Waals surface area contributed by atoms with Crippen molar-refractivity contribution < 1.29 is 9.59 Å². The number of carbonyl (C=O) groups is 2. The van der Waals surface area contributed by atoms with Crippen LogP contribution in [0.2, 0.25) is 0 Å². The molecule has 2 amide bonds. The number of rotatable bonds is 4. The first-order chi connectivity index (χ1) is 10.6. The molecule has 5 nitrogen and oxygen atoms in total. The highest BCUT2D eigenvalue weighted by atomic mass is 32.2. The summed E-state index contributed by atoms with van der Waals surface area (Å²) >= 11 is 1.52. The van der Waals surface area contributed by atoms with E-state index in [1.165, 1.54) is 18.2 Å². The zero-order valence-electron chi connectivity index (χ0n) is 12.6. The average molecular weight is 319 g/mol. The minimum atomic E-state index is -0.0906. The van der Waals surface area contributed by atoms with Crippen LogP contribution in [-0.2, 0) is 4.79 Å². The van der Waals surface area contributed by atoms with Crippen LogP contribution in [-0.4, -0.2) is 36.7 Å². The topological polar surface area (TPSA) is 70.2 Å². The molecule has 22 heavy (non-hydrogen) atoms. The van der Waals surface area contributed by atoms with Crippen molar-refractivity contribution in [2.45, 2.75) is 29.9 Å². The number of carbonyl (C=O) groups excluding carboxylic acids is 2. The van der Waals surface area contributed by atoms with Crippen LogP contribution in [0.25, 0.3) is 0 Å². The lowest BCUT2D eigenvalue weighted by Crippen LogP contribution is -2.28. The fraction of sp³-hybridized carbons (Fsp3) is 0.500. The van der Waals surface area contributed by atoms with Gasteiger partial charge < -0.3 is 16.0 Å². The quantitative estimate of drug-likeness (QED) is 0.792. The summed E-state index contributed by atoms with van der Waals surface area (Å²) in [6, 6.07) is 5.49. The molecule has 2 aliphatic rings. The van der Waals surface area contributed by atoms with E-state index in [0.29, 0.717) is 18.0 Å². The van der Waals surface area contributed by atoms with E-state index in [1.807, 2.05) is 19.1 Å². The molecule has 1 fully saturated rings. The Morgan fingerprint density at radius 3 is 3.09 bits per heavy atom. The van der Waals surface area contributed by atoms with Crippen LogP contribution in [0.1, 0.15) is 30.1 Å². The van der Waals surface area contributed by atoms with Crippen LogP contribution < -0.4 is 16.0 Å². The molecule has 1 aromatic rings. The van der Waals surface area contributed by atoms with Crippen molar-refractivity contribution in [1.82, 2.24) is 10.6 Å². The maximum atomic E-state index is 12.2. The number of fused-ring (bicyclic) bond motifs is 1. The molecule has 1 saturated heterocycles. The summed E-state index contributed by atoms with van der Waals surface area (Å²) in [7, 11) is 0. The Bertz CT molecular complexity index is 585. The van der Waals surface area contributed by atoms with Crippen LogP contribution in [0.15, 0.2) is 23.1 Å². The molecule has 3 N–H and O–H groups in total. The normalized spacial score (nSPS) is 23.8. The number of benzene rings is 1. The van der Waals surface area contributed by atoms with E-state index in [-0.39, 0.29) is 17.1 Å². The van der Waals surface area contributed by atoms with Gasteiger partial charge in [0.25, 0.3) is 5.91 Å². The van der Waals surface area contributed by atoms with Crippen LogP contribution in [0, 0.1) is 5.92 Å². The van der Waals surface area contributed by atoms with E-state index >= 15 is 0 Å². The van der Waals surface area contributed by atoms with Gasteiger partial charge in [-0.2, -0.15) is 0 Å². The number of hydrogen-bond donors (Lipinski definition) is 3. The molecule has 0 saturated carbocycles. The molecule has 0 aromatic heterocycles. The smallest absolute Gasteiger partial charge is 0.251 e. The molecule has 3 rings (SSSR count). The largest absolute Gasteiger partial charge is 0.352 e. The first-order valence-electron chi connectivity index (χ1n) is 7.74. The van der Waals surface area contributed by atoms with E-state index < -0.39 is 0 Å². The second-order valence-electron chi connectivity index (χ2n) is 5.86. The van der Waals surface area contributed by atoms with Crippen molar-refractivity contribution in [1.29, 1.82) is 0 Å². The van der Waals surface area contributed by atoms with Crippen molar-refractivity contribution >= 4 is 29.3 Å². The number of thioether (sulfide) groups is 1. The van der Waals surface area contributed by atoms with Gasteiger partial charge in [0.05, 0.1) is 10.9 Å². The highest BCUT2D eigenvalue weighted by Gasteiger charge is 2.23. The van der Waals surface area contributed by atoms with Crippen LogP contribution in [0.4, 0.5) is 5.69 Å². The van der Waals surface area contributed by atoms with Crippen molar-refractivity contribution in [3.63, 3.8) is 0 Å². The highest BCUT2D eigenvalue weighted by Crippen LogP contribution is 2.35. The van der Waals surface area contributed by atoms with Crippen molar-refractivity contribution in [3.8, 4) is 0 Å². The number of hydrogen-bond acceptors (Lipinski definition) is 4. The van der Waals surface area contributed by atoms with E-state index in [4.69, 9.17) is 0 Å². The molecule has 2 atom stereocenters. The van der Waals surface area contributed by atoms with Gasteiger partial charge in [-0.15, -0.1) is 11.8 Å². The van der Waals surface area contributed by atoms with Gasteiger partial charge in [-0.3, -0.25) is 9.59 Å². The Kier molecular flexibility index (Phi) is 4.69. The summed E-state index contributed by atoms with van der Waals surface area (Å²) in [5, 5.41) is 9.06. The summed E-state index contributed by atoms with van der Waals surface area (Å²) in [6.45, 7) is 4.71. The first kappa shape index (κ1) is 15.4. The van der Waals surface area contributed by atoms with Gasteiger partial charge in [0.15, 0.2) is 0 Å². The third kappa shape index (κ3) is 3.44. The lowest BCUT2D eigenvalue weighted by molar-refractivity contribution is -0.115. The molecule has 6 heteroatoms. The Balaban J connectivity index is 1.58. The third-order valence-corrected chi connectivity index (χ3v) is 5.35. The summed E-state index contributed by atoms with van der Waals surface area (Å²) < 4.78 is 0. The molecule has 0 bridgehead atoms. The van der Waals surface area contributed by atoms with Gasteiger partial charge in [-0.05, 0) is 57.0 Å². The first-order valence-corrected chi connectivity index (χ1v) is 8.62. The average Bonchev–Trinajstić information content (AvgIpc) is 3.01. The number of anilines is 1. The lowest BCUT2D eigenvalue weighted by Gasteiger charge is -2.21. The third-order valence-electron chi connectivity index (χ3n) is 4.17. The number of nitrogens with one attached hydrogen (secondary N) is 3. The maximum absolute atomic E-state index is 12.2. The van der Waals surface area contributed by atoms with E-state index in [2.05, 4.69) is 16.0 Å². The standard InChI is InChI=1S/C16H21N3O2S/c1-10-15(20)19-13-8-12(2-3-14(13)22-10)16(21)18-7-5-11-4-6-17-9-11/h2-3,8,10-11,17H,4-7,9H2,1H3,(H,18,21)(H,19,20). The van der Waals surface area contributed by atoms with Crippen molar-refractivity contribution in [2.24, 2.45) is 5.92 Å². The second kappa shape index (κ2) is 6.71. The van der Waals surface area contributed by atoms with Gasteiger partial charge >= 0.3 is 0 Å². The maximum Gasteiger partial charge on any atom is 0.251 e. The van der Waals surface area contributed by atoms with Crippen LogP contribution >= 0.6 is 11.8 Å². The molecule has 118 valence electrons. The predicted molar refractivity (Wildman–Crippen MR) is 88.3 cm³/mol. The summed E-state index contributed by atoms with van der Waals surface area (Å²) in [5.74, 6) is 0.580. The van der Waals surface area contributed by atoms with Gasteiger partial charge in [0.2, 0.25) is 5.91 Å². The van der Waals surface area contributed by atoms with E-state index in [0.717, 1.165) is 30.1 Å². The van der Waals surface area contributed by atoms with Crippen molar-refractivity contribution in [3.05, 3.63) is 23.8 Å². The van der Waals surface area contributed by atoms with Gasteiger partial charge in [-0.25, -0.2) is 0 Å². The molecule has 0 aliphatic carbocycles. The Hall–Kier alpha value is -1.53. The summed E-state index contributed by atoms with van der Waals surface area (Å²) in [4.78, 5) is 24.9. The number of amides is 2. The molecule has 2 aliphatic heterocycles. The van der Waals surface area contributed by atoms with Gasteiger partial charge in [0.1, 0.15) is 0 Å². The Labute approximate surface area is 134 Å². The lowest BCUT2D eigenvalue weighted by atomic mass is 10.1. The minimum Gasteiger partial charge on any atom is -0.352 e. The van der Waals surface area contributed by atoms with Gasteiger partial charge in [-0.1, -0.05) is 0 Å². The summed E-state index contributed by atoms with van der Waals surface area (Å²) in [5.41, 5.74) is 1.33. The zero-order chi connectivity index (χ0) is 15.5. The monoisotopic (exact) mass is 319 g/mol. The molecular formula is C16H21N3O2S. The molecule has 0 spiro atoms. The van der Waals surface area contributed by atoms with E-state index in [9.17, 15) is 9.59 Å². The SMILES string of the molecule is CC1Sc2ccc(C(=O)NCCC3CCNC3)cc2NC1=O. The molecule has 1 aromatic carbocycles.